The molecular formula is C11H10OS. The summed E-state index contributed by atoms with van der Waals surface area (Å²) in [5.41, 5.74) is 2.18. The zero-order chi connectivity index (χ0) is 9.26. The molecule has 1 nitrogen and oxygen atoms in total. The van der Waals surface area contributed by atoms with Gasteiger partial charge in [0, 0.05) is 4.88 Å². The molecule has 1 aromatic carbocycles. The third kappa shape index (κ3) is 1.73. The van der Waals surface area contributed by atoms with Crippen molar-refractivity contribution in [1.29, 1.82) is 0 Å². The van der Waals surface area contributed by atoms with Crippen molar-refractivity contribution < 1.29 is 5.11 Å². The van der Waals surface area contributed by atoms with Gasteiger partial charge in [-0.2, -0.15) is 0 Å². The fourth-order valence-corrected chi connectivity index (χ4v) is 2.06. The number of phenolic OH excluding ortho intramolecular Hbond substituents is 1. The summed E-state index contributed by atoms with van der Waals surface area (Å²) in [4.78, 5) is 1.19. The molecule has 0 aliphatic rings. The number of aromatic hydroxyl groups is 1. The van der Waals surface area contributed by atoms with Crippen molar-refractivity contribution >= 4 is 11.3 Å². The summed E-state index contributed by atoms with van der Waals surface area (Å²) < 4.78 is 0. The standard InChI is InChI=1S/C11H10OS/c1-8-5-9(7-10(12)6-8)11-3-2-4-13-11/h2-7,12H,1H3. The molecule has 0 spiro atoms. The van der Waals surface area contributed by atoms with E-state index in [0.29, 0.717) is 5.75 Å². The maximum absolute atomic E-state index is 9.40. The van der Waals surface area contributed by atoms with Gasteiger partial charge in [-0.3, -0.25) is 0 Å². The van der Waals surface area contributed by atoms with Crippen LogP contribution >= 0.6 is 11.3 Å². The van der Waals surface area contributed by atoms with E-state index in [2.05, 4.69) is 12.1 Å². The summed E-state index contributed by atoms with van der Waals surface area (Å²) in [6, 6.07) is 9.69. The second-order valence-electron chi connectivity index (χ2n) is 3.03. The lowest BCUT2D eigenvalue weighted by atomic mass is 10.1. The summed E-state index contributed by atoms with van der Waals surface area (Å²) in [6.07, 6.45) is 0. The fraction of sp³-hybridized carbons (Fsp3) is 0.0909. The van der Waals surface area contributed by atoms with E-state index >= 15 is 0 Å². The maximum Gasteiger partial charge on any atom is 0.116 e. The summed E-state index contributed by atoms with van der Waals surface area (Å²) >= 11 is 1.68. The molecular weight excluding hydrogens is 180 g/mol. The molecule has 0 radical (unpaired) electrons. The Bertz CT molecular complexity index is 384. The number of thiophene rings is 1. The van der Waals surface area contributed by atoms with E-state index in [1.165, 1.54) is 4.88 Å². The third-order valence-electron chi connectivity index (χ3n) is 1.87. The average Bonchev–Trinajstić information content (AvgIpc) is 2.53. The average molecular weight is 190 g/mol. The highest BCUT2D eigenvalue weighted by Crippen LogP contribution is 2.28. The van der Waals surface area contributed by atoms with E-state index in [1.807, 2.05) is 18.4 Å². The van der Waals surface area contributed by atoms with Gasteiger partial charge < -0.3 is 5.11 Å². The van der Waals surface area contributed by atoms with E-state index in [-0.39, 0.29) is 0 Å². The second kappa shape index (κ2) is 3.23. The summed E-state index contributed by atoms with van der Waals surface area (Å²) in [5, 5.41) is 11.4. The van der Waals surface area contributed by atoms with Crippen LogP contribution in [-0.4, -0.2) is 5.11 Å². The maximum atomic E-state index is 9.40. The molecule has 0 aliphatic carbocycles. The first kappa shape index (κ1) is 8.32. The highest BCUT2D eigenvalue weighted by Gasteiger charge is 2.00. The zero-order valence-corrected chi connectivity index (χ0v) is 8.14. The van der Waals surface area contributed by atoms with Crippen LogP contribution < -0.4 is 0 Å². The van der Waals surface area contributed by atoms with Gasteiger partial charge in [-0.05, 0) is 41.6 Å². The number of hydrogen-bond acceptors (Lipinski definition) is 2. The summed E-state index contributed by atoms with van der Waals surface area (Å²) in [6.45, 7) is 1.98. The normalized spacial score (nSPS) is 10.2. The predicted octanol–water partition coefficient (Wildman–Crippen LogP) is 3.43. The van der Waals surface area contributed by atoms with Crippen LogP contribution in [0.1, 0.15) is 5.56 Å². The molecule has 1 aromatic heterocycles. The Kier molecular flexibility index (Phi) is 2.07. The highest BCUT2D eigenvalue weighted by molar-refractivity contribution is 7.13. The van der Waals surface area contributed by atoms with Gasteiger partial charge in [0.25, 0.3) is 0 Å². The first-order chi connectivity index (χ1) is 6.25. The molecule has 0 atom stereocenters. The van der Waals surface area contributed by atoms with Gasteiger partial charge in [0.15, 0.2) is 0 Å². The Morgan fingerprint density at radius 2 is 2.08 bits per heavy atom. The molecule has 0 aliphatic heterocycles. The van der Waals surface area contributed by atoms with Crippen molar-refractivity contribution in [3.8, 4) is 16.2 Å². The van der Waals surface area contributed by atoms with Crippen LogP contribution in [0.5, 0.6) is 5.75 Å². The minimum Gasteiger partial charge on any atom is -0.508 e. The summed E-state index contributed by atoms with van der Waals surface area (Å²) in [7, 11) is 0. The van der Waals surface area contributed by atoms with Gasteiger partial charge >= 0.3 is 0 Å². The number of hydrogen-bond donors (Lipinski definition) is 1. The number of aryl methyl sites for hydroxylation is 1. The lowest BCUT2D eigenvalue weighted by Gasteiger charge is -2.00. The second-order valence-corrected chi connectivity index (χ2v) is 3.98. The van der Waals surface area contributed by atoms with Gasteiger partial charge in [0.1, 0.15) is 5.75 Å². The molecule has 0 unspecified atom stereocenters. The van der Waals surface area contributed by atoms with Crippen molar-refractivity contribution in [2.45, 2.75) is 6.92 Å². The molecule has 2 heteroatoms. The van der Waals surface area contributed by atoms with E-state index in [4.69, 9.17) is 0 Å². The van der Waals surface area contributed by atoms with Gasteiger partial charge in [-0.1, -0.05) is 12.1 Å². The predicted molar refractivity (Wildman–Crippen MR) is 56.2 cm³/mol. The molecule has 1 heterocycles. The molecule has 2 rings (SSSR count). The molecule has 66 valence electrons. The van der Waals surface area contributed by atoms with Crippen LogP contribution in [0.15, 0.2) is 35.7 Å². The Balaban J connectivity index is 2.53. The molecule has 13 heavy (non-hydrogen) atoms. The molecule has 1 N–H and O–H groups in total. The fourth-order valence-electron chi connectivity index (χ4n) is 1.35. The van der Waals surface area contributed by atoms with Gasteiger partial charge in [-0.25, -0.2) is 0 Å². The Morgan fingerprint density at radius 3 is 2.69 bits per heavy atom. The van der Waals surface area contributed by atoms with Crippen LogP contribution in [0.3, 0.4) is 0 Å². The van der Waals surface area contributed by atoms with Crippen molar-refractivity contribution in [1.82, 2.24) is 0 Å². The zero-order valence-electron chi connectivity index (χ0n) is 7.32. The molecule has 0 fully saturated rings. The van der Waals surface area contributed by atoms with Crippen molar-refractivity contribution in [3.63, 3.8) is 0 Å². The Hall–Kier alpha value is -1.28. The minimum atomic E-state index is 0.336. The first-order valence-corrected chi connectivity index (χ1v) is 4.98. The summed E-state index contributed by atoms with van der Waals surface area (Å²) in [5.74, 6) is 0.336. The van der Waals surface area contributed by atoms with Crippen molar-refractivity contribution in [2.75, 3.05) is 0 Å². The van der Waals surface area contributed by atoms with E-state index in [1.54, 1.807) is 23.5 Å². The van der Waals surface area contributed by atoms with Crippen LogP contribution in [0.25, 0.3) is 10.4 Å². The molecule has 0 amide bonds. The Morgan fingerprint density at radius 1 is 1.23 bits per heavy atom. The smallest absolute Gasteiger partial charge is 0.116 e. The van der Waals surface area contributed by atoms with Crippen molar-refractivity contribution in [2.24, 2.45) is 0 Å². The van der Waals surface area contributed by atoms with Gasteiger partial charge in [-0.15, -0.1) is 11.3 Å². The van der Waals surface area contributed by atoms with Crippen LogP contribution in [0.4, 0.5) is 0 Å². The van der Waals surface area contributed by atoms with Crippen molar-refractivity contribution in [3.05, 3.63) is 41.3 Å². The van der Waals surface area contributed by atoms with Gasteiger partial charge in [0.05, 0.1) is 0 Å². The number of rotatable bonds is 1. The van der Waals surface area contributed by atoms with E-state index in [9.17, 15) is 5.11 Å². The lowest BCUT2D eigenvalue weighted by Crippen LogP contribution is -1.76. The molecule has 2 aromatic rings. The highest BCUT2D eigenvalue weighted by atomic mass is 32.1. The number of benzene rings is 1. The van der Waals surface area contributed by atoms with E-state index in [0.717, 1.165) is 11.1 Å². The minimum absolute atomic E-state index is 0.336. The SMILES string of the molecule is Cc1cc(O)cc(-c2cccs2)c1. The Labute approximate surface area is 81.3 Å². The third-order valence-corrected chi connectivity index (χ3v) is 2.79. The van der Waals surface area contributed by atoms with Crippen LogP contribution in [-0.2, 0) is 0 Å². The van der Waals surface area contributed by atoms with Gasteiger partial charge in [0.2, 0.25) is 0 Å². The molecule has 0 bridgehead atoms. The number of phenols is 1. The topological polar surface area (TPSA) is 20.2 Å². The monoisotopic (exact) mass is 190 g/mol. The van der Waals surface area contributed by atoms with E-state index < -0.39 is 0 Å². The first-order valence-electron chi connectivity index (χ1n) is 4.10. The van der Waals surface area contributed by atoms with Crippen LogP contribution in [0, 0.1) is 6.92 Å². The van der Waals surface area contributed by atoms with Crippen LogP contribution in [0.2, 0.25) is 0 Å². The molecule has 0 saturated heterocycles. The lowest BCUT2D eigenvalue weighted by molar-refractivity contribution is 0.475. The largest absolute Gasteiger partial charge is 0.508 e. The quantitative estimate of drug-likeness (QED) is 0.730. The molecule has 0 saturated carbocycles.